The average molecular weight is 422 g/mol. The number of ether oxygens (including phenoxy) is 2. The number of benzene rings is 2. The van der Waals surface area contributed by atoms with Crippen molar-refractivity contribution in [1.82, 2.24) is 0 Å². The van der Waals surface area contributed by atoms with Gasteiger partial charge in [0.25, 0.3) is 10.0 Å². The van der Waals surface area contributed by atoms with E-state index in [1.807, 2.05) is 0 Å². The van der Waals surface area contributed by atoms with Gasteiger partial charge in [-0.05, 0) is 42.5 Å². The number of amides is 1. The maximum atomic E-state index is 12.8. The van der Waals surface area contributed by atoms with Crippen LogP contribution in [-0.4, -0.2) is 46.8 Å². The molecule has 0 atom stereocenters. The van der Waals surface area contributed by atoms with E-state index in [9.17, 15) is 18.0 Å². The molecule has 3 rings (SSSR count). The summed E-state index contributed by atoms with van der Waals surface area (Å²) in [5.74, 6) is -0.109. The number of nitrogens with zero attached hydrogens (tertiary/aromatic N) is 1. The maximum absolute atomic E-state index is 12.8. The number of nitrogens with one attached hydrogen (secondary N) is 1. The van der Waals surface area contributed by atoms with Gasteiger partial charge in [-0.25, -0.2) is 8.42 Å². The van der Waals surface area contributed by atoms with Gasteiger partial charge in [0, 0.05) is 10.6 Å². The van der Waals surface area contributed by atoms with E-state index in [1.54, 1.807) is 30.3 Å². The second-order valence-corrected chi connectivity index (χ2v) is 8.51. The van der Waals surface area contributed by atoms with Gasteiger partial charge in [-0.1, -0.05) is 0 Å². The van der Waals surface area contributed by atoms with Crippen molar-refractivity contribution in [1.29, 1.82) is 0 Å². The molecule has 1 aliphatic rings. The Balaban J connectivity index is 1.92. The van der Waals surface area contributed by atoms with Gasteiger partial charge in [0.15, 0.2) is 0 Å². The van der Waals surface area contributed by atoms with E-state index in [4.69, 9.17) is 4.74 Å². The Morgan fingerprint density at radius 2 is 1.89 bits per heavy atom. The Hall–Kier alpha value is -2.72. The molecule has 10 heteroatoms. The molecule has 0 saturated carbocycles. The van der Waals surface area contributed by atoms with Gasteiger partial charge >= 0.3 is 5.97 Å². The van der Waals surface area contributed by atoms with E-state index in [2.05, 4.69) is 9.46 Å². The number of sulfonamides is 1. The fourth-order valence-corrected chi connectivity index (χ4v) is 4.58. The van der Waals surface area contributed by atoms with Crippen LogP contribution in [0, 0.1) is 0 Å². The fraction of sp³-hybridized carbons (Fsp3) is 0.222. The van der Waals surface area contributed by atoms with Crippen LogP contribution in [0.15, 0.2) is 52.3 Å². The molecule has 0 saturated heterocycles. The third-order valence-electron chi connectivity index (χ3n) is 4.04. The molecule has 0 fully saturated rings. The Bertz CT molecular complexity index is 1010. The summed E-state index contributed by atoms with van der Waals surface area (Å²) in [6.45, 7) is -0.279. The lowest BCUT2D eigenvalue weighted by atomic mass is 10.2. The lowest BCUT2D eigenvalue weighted by Crippen LogP contribution is -2.39. The van der Waals surface area contributed by atoms with Crippen LogP contribution in [0.2, 0.25) is 0 Å². The first-order chi connectivity index (χ1) is 13.3. The van der Waals surface area contributed by atoms with Gasteiger partial charge in [-0.3, -0.25) is 19.2 Å². The van der Waals surface area contributed by atoms with Crippen LogP contribution < -0.4 is 14.4 Å². The molecule has 2 aromatic carbocycles. The molecule has 0 radical (unpaired) electrons. The van der Waals surface area contributed by atoms with Gasteiger partial charge in [0.2, 0.25) is 5.91 Å². The number of hydrogen-bond donors (Lipinski definition) is 1. The molecule has 0 aromatic heterocycles. The van der Waals surface area contributed by atoms with Gasteiger partial charge in [-0.2, -0.15) is 0 Å². The highest BCUT2D eigenvalue weighted by Gasteiger charge is 2.28. The maximum Gasteiger partial charge on any atom is 0.325 e. The number of methoxy groups -OCH3 is 2. The van der Waals surface area contributed by atoms with Crippen molar-refractivity contribution in [3.8, 4) is 5.75 Å². The van der Waals surface area contributed by atoms with E-state index in [0.717, 1.165) is 0 Å². The first-order valence-electron chi connectivity index (χ1n) is 8.15. The predicted molar refractivity (Wildman–Crippen MR) is 105 cm³/mol. The van der Waals surface area contributed by atoms with Gasteiger partial charge < -0.3 is 9.47 Å². The molecule has 28 heavy (non-hydrogen) atoms. The van der Waals surface area contributed by atoms with Crippen molar-refractivity contribution in [2.75, 3.05) is 36.1 Å². The summed E-state index contributed by atoms with van der Waals surface area (Å²) in [6, 6.07) is 10.9. The minimum absolute atomic E-state index is 0.0211. The first kappa shape index (κ1) is 20.0. The SMILES string of the molecule is COC(=O)CN1C(=O)CSc2ccc(S(=O)(=O)Nc3ccc(OC)cc3)cc21. The molecule has 0 bridgehead atoms. The number of anilines is 2. The molecular formula is C18H18N2O6S2. The normalized spacial score (nSPS) is 13.6. The smallest absolute Gasteiger partial charge is 0.325 e. The molecule has 0 unspecified atom stereocenters. The van der Waals surface area contributed by atoms with Crippen molar-refractivity contribution < 1.29 is 27.5 Å². The number of rotatable bonds is 6. The number of fused-ring (bicyclic) bond motifs is 1. The molecule has 1 aliphatic heterocycles. The highest BCUT2D eigenvalue weighted by atomic mass is 32.2. The van der Waals surface area contributed by atoms with Crippen molar-refractivity contribution in [2.45, 2.75) is 9.79 Å². The van der Waals surface area contributed by atoms with E-state index in [0.29, 0.717) is 22.0 Å². The zero-order chi connectivity index (χ0) is 20.3. The highest BCUT2D eigenvalue weighted by molar-refractivity contribution is 8.00. The summed E-state index contributed by atoms with van der Waals surface area (Å²) >= 11 is 1.29. The lowest BCUT2D eigenvalue weighted by molar-refractivity contribution is -0.139. The van der Waals surface area contributed by atoms with Crippen molar-refractivity contribution in [2.24, 2.45) is 0 Å². The van der Waals surface area contributed by atoms with E-state index >= 15 is 0 Å². The van der Waals surface area contributed by atoms with E-state index in [1.165, 1.54) is 43.0 Å². The quantitative estimate of drug-likeness (QED) is 0.711. The molecule has 1 N–H and O–H groups in total. The highest BCUT2D eigenvalue weighted by Crippen LogP contribution is 2.37. The topological polar surface area (TPSA) is 102 Å². The van der Waals surface area contributed by atoms with Crippen LogP contribution in [0.25, 0.3) is 0 Å². The second-order valence-electron chi connectivity index (χ2n) is 5.81. The van der Waals surface area contributed by atoms with Crippen molar-refractivity contribution >= 4 is 45.0 Å². The Morgan fingerprint density at radius 1 is 1.18 bits per heavy atom. The summed E-state index contributed by atoms with van der Waals surface area (Å²) in [6.07, 6.45) is 0. The molecule has 1 amide bonds. The average Bonchev–Trinajstić information content (AvgIpc) is 2.70. The molecule has 2 aromatic rings. The van der Waals surface area contributed by atoms with Crippen LogP contribution in [0.4, 0.5) is 11.4 Å². The minimum Gasteiger partial charge on any atom is -0.497 e. The number of carbonyl (C=O) groups excluding carboxylic acids is 2. The molecular weight excluding hydrogens is 404 g/mol. The zero-order valence-electron chi connectivity index (χ0n) is 15.2. The van der Waals surface area contributed by atoms with E-state index in [-0.39, 0.29) is 23.1 Å². The molecule has 0 spiro atoms. The van der Waals surface area contributed by atoms with Gasteiger partial charge in [0.05, 0.1) is 30.6 Å². The Labute approximate surface area is 166 Å². The summed E-state index contributed by atoms with van der Waals surface area (Å²) < 4.78 is 37.7. The standard InChI is InChI=1S/C18H18N2O6S2/c1-25-13-5-3-12(4-6-13)19-28(23,24)14-7-8-16-15(9-14)20(10-18(22)26-2)17(21)11-27-16/h3-9,19H,10-11H2,1-2H3. The third-order valence-corrected chi connectivity index (χ3v) is 6.47. The molecule has 0 aliphatic carbocycles. The number of esters is 1. The fourth-order valence-electron chi connectivity index (χ4n) is 2.59. The third kappa shape index (κ3) is 4.23. The minimum atomic E-state index is -3.90. The van der Waals surface area contributed by atoms with Crippen LogP contribution in [0.3, 0.4) is 0 Å². The van der Waals surface area contributed by atoms with Gasteiger partial charge in [0.1, 0.15) is 12.3 Å². The molecule has 8 nitrogen and oxygen atoms in total. The zero-order valence-corrected chi connectivity index (χ0v) is 16.8. The summed E-state index contributed by atoms with van der Waals surface area (Å²) in [4.78, 5) is 25.8. The monoisotopic (exact) mass is 422 g/mol. The summed E-state index contributed by atoms with van der Waals surface area (Å²) in [5.41, 5.74) is 0.736. The van der Waals surface area contributed by atoms with Crippen LogP contribution >= 0.6 is 11.8 Å². The second kappa shape index (κ2) is 8.11. The first-order valence-corrected chi connectivity index (χ1v) is 10.6. The van der Waals surface area contributed by atoms with Crippen LogP contribution in [0.1, 0.15) is 0 Å². The summed E-state index contributed by atoms with van der Waals surface area (Å²) in [5, 5.41) is 0. The summed E-state index contributed by atoms with van der Waals surface area (Å²) in [7, 11) is -1.15. The number of hydrogen-bond acceptors (Lipinski definition) is 7. The Kier molecular flexibility index (Phi) is 5.80. The van der Waals surface area contributed by atoms with Crippen LogP contribution in [0.5, 0.6) is 5.75 Å². The van der Waals surface area contributed by atoms with Crippen LogP contribution in [-0.2, 0) is 24.3 Å². The molecule has 1 heterocycles. The predicted octanol–water partition coefficient (Wildman–Crippen LogP) is 2.11. The number of carbonyl (C=O) groups is 2. The Morgan fingerprint density at radius 3 is 2.54 bits per heavy atom. The largest absolute Gasteiger partial charge is 0.497 e. The van der Waals surface area contributed by atoms with Crippen molar-refractivity contribution in [3.05, 3.63) is 42.5 Å². The van der Waals surface area contributed by atoms with Gasteiger partial charge in [-0.15, -0.1) is 11.8 Å². The lowest BCUT2D eigenvalue weighted by Gasteiger charge is -2.28. The molecule has 148 valence electrons. The van der Waals surface area contributed by atoms with E-state index < -0.39 is 16.0 Å². The number of thioether (sulfide) groups is 1. The van der Waals surface area contributed by atoms with Crippen molar-refractivity contribution in [3.63, 3.8) is 0 Å².